The van der Waals surface area contributed by atoms with Gasteiger partial charge in [-0.1, -0.05) is 6.07 Å². The first-order chi connectivity index (χ1) is 17.2. The number of aromatic nitrogens is 4. The van der Waals surface area contributed by atoms with Crippen LogP contribution in [-0.2, 0) is 10.9 Å². The highest BCUT2D eigenvalue weighted by Crippen LogP contribution is 2.36. The molecule has 2 aromatic heterocycles. The van der Waals surface area contributed by atoms with Crippen molar-refractivity contribution in [3.63, 3.8) is 0 Å². The van der Waals surface area contributed by atoms with E-state index in [4.69, 9.17) is 9.72 Å². The molecule has 6 rings (SSSR count). The molecule has 0 bridgehead atoms. The number of morpholine rings is 1. The number of alkyl halides is 3. The molecule has 192 valence electrons. The Hall–Kier alpha value is -2.96. The summed E-state index contributed by atoms with van der Waals surface area (Å²) in [4.78, 5) is 14.0. The molecule has 36 heavy (non-hydrogen) atoms. The Kier molecular flexibility index (Phi) is 5.58. The van der Waals surface area contributed by atoms with Crippen molar-refractivity contribution in [2.45, 2.75) is 43.6 Å². The van der Waals surface area contributed by atoms with Gasteiger partial charge in [-0.25, -0.2) is 4.68 Å². The third-order valence-corrected chi connectivity index (χ3v) is 7.26. The summed E-state index contributed by atoms with van der Waals surface area (Å²) in [6.45, 7) is 6.64. The van der Waals surface area contributed by atoms with Crippen molar-refractivity contribution in [3.05, 3.63) is 36.0 Å². The lowest BCUT2D eigenvalue weighted by Gasteiger charge is -2.47. The zero-order valence-corrected chi connectivity index (χ0v) is 19.9. The average Bonchev–Trinajstić information content (AvgIpc) is 3.21. The molecule has 2 saturated heterocycles. The number of benzene rings is 1. The molecular weight excluding hydrogens is 475 g/mol. The summed E-state index contributed by atoms with van der Waals surface area (Å²) in [6.07, 6.45) is -1.71. The van der Waals surface area contributed by atoms with Crippen LogP contribution in [0.5, 0.6) is 0 Å². The normalized spacial score (nSPS) is 25.6. The number of ether oxygens (including phenoxy) is 1. The Balaban J connectivity index is 1.34. The van der Waals surface area contributed by atoms with Gasteiger partial charge < -0.3 is 20.1 Å². The lowest BCUT2D eigenvalue weighted by Crippen LogP contribution is -2.61. The SMILES string of the molecule is C[C@]1(O)C[C@H](Nc2nc(N3CC(N4CCOCC4)C3)c3cnn(-c4cccc(C(F)(F)F)c4)c3n2)C1. The molecule has 1 aliphatic carbocycles. The van der Waals surface area contributed by atoms with Crippen LogP contribution in [-0.4, -0.2) is 86.8 Å². The number of hydrogen-bond acceptors (Lipinski definition) is 8. The number of nitrogens with zero attached hydrogens (tertiary/aromatic N) is 6. The first kappa shape index (κ1) is 23.4. The van der Waals surface area contributed by atoms with Crippen LogP contribution in [0, 0.1) is 0 Å². The molecule has 2 N–H and O–H groups in total. The molecule has 3 aromatic rings. The minimum absolute atomic E-state index is 0.0210. The molecule has 0 radical (unpaired) electrons. The molecule has 3 fully saturated rings. The van der Waals surface area contributed by atoms with Crippen molar-refractivity contribution < 1.29 is 23.0 Å². The summed E-state index contributed by atoms with van der Waals surface area (Å²) in [5.41, 5.74) is -0.753. The maximum absolute atomic E-state index is 13.3. The number of aliphatic hydroxyl groups is 1. The minimum atomic E-state index is -4.46. The maximum Gasteiger partial charge on any atom is 0.416 e. The number of fused-ring (bicyclic) bond motifs is 1. The number of rotatable bonds is 5. The van der Waals surface area contributed by atoms with E-state index in [0.29, 0.717) is 41.7 Å². The quantitative estimate of drug-likeness (QED) is 0.549. The smallest absolute Gasteiger partial charge is 0.390 e. The fraction of sp³-hybridized carbons (Fsp3) is 0.542. The second kappa shape index (κ2) is 8.56. The molecule has 0 atom stereocenters. The minimum Gasteiger partial charge on any atom is -0.390 e. The molecule has 0 unspecified atom stereocenters. The van der Waals surface area contributed by atoms with E-state index in [-0.39, 0.29) is 11.7 Å². The lowest BCUT2D eigenvalue weighted by atomic mass is 9.77. The molecule has 3 aliphatic rings. The van der Waals surface area contributed by atoms with E-state index in [1.54, 1.807) is 19.2 Å². The molecule has 2 aliphatic heterocycles. The van der Waals surface area contributed by atoms with Gasteiger partial charge in [-0.05, 0) is 38.0 Å². The van der Waals surface area contributed by atoms with E-state index in [0.717, 1.165) is 51.5 Å². The molecule has 9 nitrogen and oxygen atoms in total. The first-order valence-corrected chi connectivity index (χ1v) is 12.2. The van der Waals surface area contributed by atoms with Gasteiger partial charge in [-0.2, -0.15) is 28.2 Å². The van der Waals surface area contributed by atoms with Gasteiger partial charge in [0.05, 0.1) is 41.6 Å². The molecule has 1 aromatic carbocycles. The van der Waals surface area contributed by atoms with Gasteiger partial charge >= 0.3 is 6.18 Å². The summed E-state index contributed by atoms with van der Waals surface area (Å²) >= 11 is 0. The highest BCUT2D eigenvalue weighted by molar-refractivity contribution is 5.89. The number of hydrogen-bond donors (Lipinski definition) is 2. The van der Waals surface area contributed by atoms with Gasteiger partial charge in [0.15, 0.2) is 5.65 Å². The summed E-state index contributed by atoms with van der Waals surface area (Å²) in [6, 6.07) is 5.48. The second-order valence-corrected chi connectivity index (χ2v) is 10.2. The third kappa shape index (κ3) is 4.37. The summed E-state index contributed by atoms with van der Waals surface area (Å²) in [5.74, 6) is 1.08. The van der Waals surface area contributed by atoms with Crippen LogP contribution in [0.15, 0.2) is 30.5 Å². The van der Waals surface area contributed by atoms with Gasteiger partial charge in [0, 0.05) is 38.3 Å². The Morgan fingerprint density at radius 2 is 1.89 bits per heavy atom. The molecule has 0 amide bonds. The van der Waals surface area contributed by atoms with Crippen molar-refractivity contribution in [1.29, 1.82) is 0 Å². The van der Waals surface area contributed by atoms with Crippen LogP contribution in [0.1, 0.15) is 25.3 Å². The van der Waals surface area contributed by atoms with E-state index in [9.17, 15) is 18.3 Å². The van der Waals surface area contributed by atoms with E-state index in [2.05, 4.69) is 25.2 Å². The van der Waals surface area contributed by atoms with Crippen molar-refractivity contribution in [2.75, 3.05) is 49.6 Å². The van der Waals surface area contributed by atoms with Gasteiger partial charge in [0.2, 0.25) is 5.95 Å². The first-order valence-electron chi connectivity index (χ1n) is 12.2. The Morgan fingerprint density at radius 3 is 2.58 bits per heavy atom. The number of nitrogens with one attached hydrogen (secondary N) is 1. The zero-order valence-electron chi connectivity index (χ0n) is 19.9. The molecule has 1 saturated carbocycles. The highest BCUT2D eigenvalue weighted by Gasteiger charge is 2.39. The van der Waals surface area contributed by atoms with Crippen molar-refractivity contribution in [3.8, 4) is 5.69 Å². The second-order valence-electron chi connectivity index (χ2n) is 10.2. The standard InChI is InChI=1S/C24H28F3N7O2/c1-23(35)10-16(11-23)29-22-30-20(33-13-18(14-33)32-5-7-36-8-6-32)19-12-28-34(21(19)31-22)17-4-2-3-15(9-17)24(25,26)27/h2-4,9,12,16,18,35H,5-8,10-11,13-14H2,1H3,(H,29,30,31)/t16-,23-. The summed E-state index contributed by atoms with van der Waals surface area (Å²) < 4.78 is 46.9. The summed E-state index contributed by atoms with van der Waals surface area (Å²) in [7, 11) is 0. The van der Waals surface area contributed by atoms with Crippen molar-refractivity contribution >= 4 is 22.8 Å². The van der Waals surface area contributed by atoms with Crippen LogP contribution in [0.2, 0.25) is 0 Å². The van der Waals surface area contributed by atoms with E-state index in [1.807, 2.05) is 0 Å². The van der Waals surface area contributed by atoms with Crippen LogP contribution < -0.4 is 10.2 Å². The molecule has 12 heteroatoms. The Morgan fingerprint density at radius 1 is 1.14 bits per heavy atom. The van der Waals surface area contributed by atoms with Crippen LogP contribution in [0.3, 0.4) is 0 Å². The fourth-order valence-corrected chi connectivity index (χ4v) is 5.29. The predicted octanol–water partition coefficient (Wildman–Crippen LogP) is 2.68. The monoisotopic (exact) mass is 503 g/mol. The molecule has 4 heterocycles. The van der Waals surface area contributed by atoms with E-state index < -0.39 is 17.3 Å². The van der Waals surface area contributed by atoms with Crippen LogP contribution >= 0.6 is 0 Å². The van der Waals surface area contributed by atoms with Gasteiger partial charge in [0.25, 0.3) is 0 Å². The zero-order chi connectivity index (χ0) is 25.1. The van der Waals surface area contributed by atoms with Gasteiger partial charge in [-0.15, -0.1) is 0 Å². The predicted molar refractivity (Wildman–Crippen MR) is 127 cm³/mol. The third-order valence-electron chi connectivity index (χ3n) is 7.26. The van der Waals surface area contributed by atoms with E-state index >= 15 is 0 Å². The number of halogens is 3. The molecule has 0 spiro atoms. The van der Waals surface area contributed by atoms with Crippen LogP contribution in [0.4, 0.5) is 24.9 Å². The molecular formula is C24H28F3N7O2. The lowest BCUT2D eigenvalue weighted by molar-refractivity contribution is -0.137. The Labute approximate surface area is 205 Å². The van der Waals surface area contributed by atoms with Crippen molar-refractivity contribution in [1.82, 2.24) is 24.6 Å². The number of anilines is 2. The van der Waals surface area contributed by atoms with Crippen molar-refractivity contribution in [2.24, 2.45) is 0 Å². The van der Waals surface area contributed by atoms with Gasteiger partial charge in [-0.3, -0.25) is 4.90 Å². The van der Waals surface area contributed by atoms with Crippen LogP contribution in [0.25, 0.3) is 16.7 Å². The Bertz CT molecular complexity index is 1260. The summed E-state index contributed by atoms with van der Waals surface area (Å²) in [5, 5.41) is 18.5. The average molecular weight is 504 g/mol. The van der Waals surface area contributed by atoms with Gasteiger partial charge in [0.1, 0.15) is 5.82 Å². The maximum atomic E-state index is 13.3. The largest absolute Gasteiger partial charge is 0.416 e. The fourth-order valence-electron chi connectivity index (χ4n) is 5.29. The topological polar surface area (TPSA) is 91.6 Å². The van der Waals surface area contributed by atoms with E-state index in [1.165, 1.54) is 10.7 Å². The highest BCUT2D eigenvalue weighted by atomic mass is 19.4.